The molecule has 0 fully saturated rings. The van der Waals surface area contributed by atoms with E-state index in [1.54, 1.807) is 18.2 Å². The Morgan fingerprint density at radius 1 is 0.889 bits per heavy atom. The number of halogens is 4. The Morgan fingerprint density at radius 2 is 1.50 bits per heavy atom. The van der Waals surface area contributed by atoms with Crippen molar-refractivity contribution in [2.75, 3.05) is 0 Å². The molecule has 2 aromatic carbocycles. The topological polar surface area (TPSA) is 26.0 Å². The van der Waals surface area contributed by atoms with Crippen LogP contribution in [0.25, 0.3) is 0 Å². The highest BCUT2D eigenvalue weighted by Gasteiger charge is 2.16. The normalized spacial score (nSPS) is 12.5. The molecular formula is C13H9Cl3FN. The summed E-state index contributed by atoms with van der Waals surface area (Å²) in [5, 5.41) is 1.32. The molecule has 0 saturated carbocycles. The van der Waals surface area contributed by atoms with Crippen LogP contribution in [0.2, 0.25) is 15.1 Å². The summed E-state index contributed by atoms with van der Waals surface area (Å²) < 4.78 is 13.7. The third-order valence-electron chi connectivity index (χ3n) is 2.59. The van der Waals surface area contributed by atoms with Crippen molar-refractivity contribution >= 4 is 34.8 Å². The highest BCUT2D eigenvalue weighted by atomic mass is 35.5. The minimum atomic E-state index is -0.687. The molecule has 0 aromatic heterocycles. The lowest BCUT2D eigenvalue weighted by molar-refractivity contribution is 0.600. The van der Waals surface area contributed by atoms with E-state index in [9.17, 15) is 4.39 Å². The molecule has 1 unspecified atom stereocenters. The number of hydrogen-bond acceptors (Lipinski definition) is 1. The van der Waals surface area contributed by atoms with Gasteiger partial charge in [-0.1, -0.05) is 40.9 Å². The first-order valence-corrected chi connectivity index (χ1v) is 6.28. The molecule has 0 spiro atoms. The Labute approximate surface area is 119 Å². The van der Waals surface area contributed by atoms with E-state index < -0.39 is 11.9 Å². The van der Waals surface area contributed by atoms with Crippen molar-refractivity contribution in [3.05, 3.63) is 68.4 Å². The zero-order chi connectivity index (χ0) is 13.3. The first kappa shape index (κ1) is 13.6. The Bertz CT molecular complexity index is 586. The fourth-order valence-electron chi connectivity index (χ4n) is 1.67. The van der Waals surface area contributed by atoms with Crippen LogP contribution in [0.4, 0.5) is 4.39 Å². The number of hydrogen-bond donors (Lipinski definition) is 1. The summed E-state index contributed by atoms with van der Waals surface area (Å²) in [7, 11) is 0. The minimum absolute atomic E-state index is 0.298. The summed E-state index contributed by atoms with van der Waals surface area (Å²) in [6, 6.07) is 8.46. The fraction of sp³-hybridized carbons (Fsp3) is 0.0769. The smallest absolute Gasteiger partial charge is 0.128 e. The van der Waals surface area contributed by atoms with Gasteiger partial charge in [-0.05, 0) is 35.9 Å². The third-order valence-corrected chi connectivity index (χ3v) is 3.39. The Kier molecular flexibility index (Phi) is 4.13. The zero-order valence-electron chi connectivity index (χ0n) is 9.13. The second kappa shape index (κ2) is 5.45. The summed E-state index contributed by atoms with van der Waals surface area (Å²) >= 11 is 17.7. The number of nitrogens with two attached hydrogens (primary N) is 1. The van der Waals surface area contributed by atoms with E-state index >= 15 is 0 Å². The molecule has 0 bridgehead atoms. The van der Waals surface area contributed by atoms with E-state index in [0.717, 1.165) is 0 Å². The van der Waals surface area contributed by atoms with Gasteiger partial charge < -0.3 is 5.73 Å². The summed E-state index contributed by atoms with van der Waals surface area (Å²) in [5.74, 6) is -0.419. The maximum absolute atomic E-state index is 13.7. The summed E-state index contributed by atoms with van der Waals surface area (Å²) in [4.78, 5) is 0. The van der Waals surface area contributed by atoms with Crippen LogP contribution in [0.3, 0.4) is 0 Å². The van der Waals surface area contributed by atoms with Crippen LogP contribution in [-0.4, -0.2) is 0 Å². The van der Waals surface area contributed by atoms with Gasteiger partial charge in [0, 0.05) is 20.6 Å². The van der Waals surface area contributed by atoms with Crippen LogP contribution in [0.5, 0.6) is 0 Å². The first-order chi connectivity index (χ1) is 8.49. The summed E-state index contributed by atoms with van der Waals surface area (Å²) in [5.41, 5.74) is 6.91. The molecule has 0 aliphatic rings. The van der Waals surface area contributed by atoms with Gasteiger partial charge in [0.05, 0.1) is 6.04 Å². The van der Waals surface area contributed by atoms with Gasteiger partial charge in [-0.15, -0.1) is 0 Å². The van der Waals surface area contributed by atoms with Crippen LogP contribution in [0.1, 0.15) is 17.2 Å². The predicted molar refractivity (Wildman–Crippen MR) is 73.9 cm³/mol. The monoisotopic (exact) mass is 303 g/mol. The highest BCUT2D eigenvalue weighted by Crippen LogP contribution is 2.31. The molecule has 0 radical (unpaired) electrons. The fourth-order valence-corrected chi connectivity index (χ4v) is 2.38. The average Bonchev–Trinajstić information content (AvgIpc) is 2.31. The summed E-state index contributed by atoms with van der Waals surface area (Å²) in [6.07, 6.45) is 0. The van der Waals surface area contributed by atoms with Crippen molar-refractivity contribution in [1.82, 2.24) is 0 Å². The summed E-state index contributed by atoms with van der Waals surface area (Å²) in [6.45, 7) is 0. The van der Waals surface area contributed by atoms with Crippen molar-refractivity contribution < 1.29 is 4.39 Å². The number of rotatable bonds is 2. The van der Waals surface area contributed by atoms with Crippen LogP contribution >= 0.6 is 34.8 Å². The highest BCUT2D eigenvalue weighted by molar-refractivity contribution is 6.35. The molecule has 1 nitrogen and oxygen atoms in total. The molecule has 5 heteroatoms. The van der Waals surface area contributed by atoms with Gasteiger partial charge in [0.1, 0.15) is 5.82 Å². The van der Waals surface area contributed by atoms with Gasteiger partial charge in [0.2, 0.25) is 0 Å². The van der Waals surface area contributed by atoms with E-state index in [0.29, 0.717) is 26.2 Å². The lowest BCUT2D eigenvalue weighted by Crippen LogP contribution is -2.14. The average molecular weight is 305 g/mol. The van der Waals surface area contributed by atoms with Crippen molar-refractivity contribution in [3.63, 3.8) is 0 Å². The zero-order valence-corrected chi connectivity index (χ0v) is 11.4. The molecule has 0 amide bonds. The quantitative estimate of drug-likeness (QED) is 0.844. The van der Waals surface area contributed by atoms with Gasteiger partial charge in [-0.2, -0.15) is 0 Å². The second-order valence-electron chi connectivity index (χ2n) is 3.81. The molecule has 0 saturated heterocycles. The molecule has 1 atom stereocenters. The van der Waals surface area contributed by atoms with E-state index in [1.165, 1.54) is 18.2 Å². The van der Waals surface area contributed by atoms with Gasteiger partial charge >= 0.3 is 0 Å². The predicted octanol–water partition coefficient (Wildman–Crippen LogP) is 4.83. The van der Waals surface area contributed by atoms with Crippen molar-refractivity contribution in [3.8, 4) is 0 Å². The molecule has 18 heavy (non-hydrogen) atoms. The maximum atomic E-state index is 13.7. The lowest BCUT2D eigenvalue weighted by atomic mass is 9.99. The van der Waals surface area contributed by atoms with E-state index in [2.05, 4.69) is 0 Å². The molecule has 0 heterocycles. The van der Waals surface area contributed by atoms with Gasteiger partial charge in [0.15, 0.2) is 0 Å². The van der Waals surface area contributed by atoms with E-state index in [4.69, 9.17) is 40.5 Å². The minimum Gasteiger partial charge on any atom is -0.320 e. The third kappa shape index (κ3) is 2.78. The Hall–Kier alpha value is -0.800. The van der Waals surface area contributed by atoms with Gasteiger partial charge in [-0.3, -0.25) is 0 Å². The SMILES string of the molecule is NC(c1cc(Cl)ccc1F)c1ccc(Cl)cc1Cl. The molecule has 2 aromatic rings. The molecular weight excluding hydrogens is 296 g/mol. The standard InChI is InChI=1S/C13H9Cl3FN/c14-7-2-4-12(17)10(5-7)13(18)9-3-1-8(15)6-11(9)16/h1-6,13H,18H2. The van der Waals surface area contributed by atoms with Crippen molar-refractivity contribution in [2.45, 2.75) is 6.04 Å². The van der Waals surface area contributed by atoms with Crippen LogP contribution in [0.15, 0.2) is 36.4 Å². The second-order valence-corrected chi connectivity index (χ2v) is 5.09. The molecule has 2 rings (SSSR count). The maximum Gasteiger partial charge on any atom is 0.128 e. The molecule has 0 aliphatic carbocycles. The van der Waals surface area contributed by atoms with Crippen molar-refractivity contribution in [2.24, 2.45) is 5.73 Å². The molecule has 2 N–H and O–H groups in total. The Balaban J connectivity index is 2.47. The van der Waals surface area contributed by atoms with Crippen LogP contribution in [-0.2, 0) is 0 Å². The lowest BCUT2D eigenvalue weighted by Gasteiger charge is -2.15. The first-order valence-electron chi connectivity index (χ1n) is 5.14. The van der Waals surface area contributed by atoms with Gasteiger partial charge in [0.25, 0.3) is 0 Å². The number of benzene rings is 2. The van der Waals surface area contributed by atoms with Crippen molar-refractivity contribution in [1.29, 1.82) is 0 Å². The van der Waals surface area contributed by atoms with E-state index in [1.807, 2.05) is 0 Å². The van der Waals surface area contributed by atoms with Crippen LogP contribution < -0.4 is 5.73 Å². The molecule has 0 aliphatic heterocycles. The van der Waals surface area contributed by atoms with Crippen LogP contribution in [0, 0.1) is 5.82 Å². The Morgan fingerprint density at radius 3 is 2.17 bits per heavy atom. The van der Waals surface area contributed by atoms with Gasteiger partial charge in [-0.25, -0.2) is 4.39 Å². The largest absolute Gasteiger partial charge is 0.320 e. The van der Waals surface area contributed by atoms with E-state index in [-0.39, 0.29) is 0 Å². The molecule has 94 valence electrons.